The Balaban J connectivity index is 1.65. The lowest BCUT2D eigenvalue weighted by Crippen LogP contribution is -2.32. The van der Waals surface area contributed by atoms with Gasteiger partial charge < -0.3 is 22.2 Å². The van der Waals surface area contributed by atoms with E-state index in [2.05, 4.69) is 21.5 Å². The molecule has 0 fully saturated rings. The molecule has 0 radical (unpaired) electrons. The molecular weight excluding hydrogens is 667 g/mol. The lowest BCUT2D eigenvalue weighted by atomic mass is 9.98. The molecule has 0 aliphatic rings. The van der Waals surface area contributed by atoms with Crippen molar-refractivity contribution in [3.63, 3.8) is 0 Å². The van der Waals surface area contributed by atoms with Crippen LogP contribution in [0.15, 0.2) is 71.1 Å². The summed E-state index contributed by atoms with van der Waals surface area (Å²) in [5.41, 5.74) is 17.6. The van der Waals surface area contributed by atoms with Gasteiger partial charge in [-0.25, -0.2) is 9.18 Å². The lowest BCUT2D eigenvalue weighted by molar-refractivity contribution is -0.137. The van der Waals surface area contributed by atoms with Crippen molar-refractivity contribution in [3.05, 3.63) is 94.3 Å². The highest BCUT2D eigenvalue weighted by atomic mass is 19.4. The van der Waals surface area contributed by atoms with Crippen molar-refractivity contribution < 1.29 is 22.0 Å². The molecule has 2 atom stereocenters. The Labute approximate surface area is 294 Å². The highest BCUT2D eigenvalue weighted by Crippen LogP contribution is 2.35. The Hall–Kier alpha value is -4.40. The van der Waals surface area contributed by atoms with E-state index in [9.17, 15) is 22.4 Å². The predicted molar refractivity (Wildman–Crippen MR) is 193 cm³/mol. The van der Waals surface area contributed by atoms with Crippen LogP contribution in [0.1, 0.15) is 68.2 Å². The minimum absolute atomic E-state index is 0.155. The summed E-state index contributed by atoms with van der Waals surface area (Å²) in [7, 11) is 0. The average Bonchev–Trinajstić information content (AvgIpc) is 3.52. The molecule has 0 aliphatic carbocycles. The molecule has 4 rings (SSSR count). The molecule has 0 aliphatic heterocycles. The number of rotatable bonds is 19. The molecule has 0 bridgehead atoms. The Morgan fingerprint density at radius 3 is 2.55 bits per heavy atom. The van der Waals surface area contributed by atoms with Crippen LogP contribution in [-0.2, 0) is 12.6 Å². The summed E-state index contributed by atoms with van der Waals surface area (Å²) in [6.07, 6.45) is 2.34. The first-order valence-corrected chi connectivity index (χ1v) is 17.2. The summed E-state index contributed by atoms with van der Waals surface area (Å²) in [6.45, 7) is 6.69. The number of nitrogens with one attached hydrogen (secondary N) is 1. The van der Waals surface area contributed by atoms with E-state index in [1.165, 1.54) is 16.8 Å². The summed E-state index contributed by atoms with van der Waals surface area (Å²) in [4.78, 5) is 26.5. The molecule has 4 aromatic rings. The van der Waals surface area contributed by atoms with E-state index in [0.29, 0.717) is 86.2 Å². The molecule has 7 N–H and O–H groups in total. The van der Waals surface area contributed by atoms with E-state index in [0.717, 1.165) is 18.6 Å². The molecule has 2 aromatic heterocycles. The highest BCUT2D eigenvalue weighted by molar-refractivity contribution is 5.83. The lowest BCUT2D eigenvalue weighted by Gasteiger charge is -2.32. The van der Waals surface area contributed by atoms with Gasteiger partial charge in [0, 0.05) is 54.6 Å². The summed E-state index contributed by atoms with van der Waals surface area (Å²) in [5, 5.41) is 0.448. The summed E-state index contributed by atoms with van der Waals surface area (Å²) in [6, 6.07) is 9.40. The number of aryl methyl sites for hydroxylation is 1. The fraction of sp³-hybridized carbons (Fsp3) is 0.432. The Morgan fingerprint density at radius 2 is 1.88 bits per heavy atom. The zero-order valence-corrected chi connectivity index (χ0v) is 28.9. The highest BCUT2D eigenvalue weighted by Gasteiger charge is 2.31. The third-order valence-corrected chi connectivity index (χ3v) is 8.78. The summed E-state index contributed by atoms with van der Waals surface area (Å²) in [5.74, 6) is -0.189. The molecular formula is C37H47F5N8O. The predicted octanol–water partition coefficient (Wildman–Crippen LogP) is 6.58. The van der Waals surface area contributed by atoms with Crippen molar-refractivity contribution in [2.24, 2.45) is 22.2 Å². The zero-order valence-electron chi connectivity index (χ0n) is 28.9. The smallest absolute Gasteiger partial charge is 0.386 e. The fourth-order valence-electron chi connectivity index (χ4n) is 6.14. The standard InChI is InChI=1S/C37H47F5N8O/c1-3-8-33(49(15-6-13-38)16-7-14-46-34(45)22-43)30-12-11-29(21-31(30)39)50-23-26-20-32(47-35(26)48-36(50)51)25-17-24(9-5-10-28(44)4-2)18-27(19-25)37(40,41)42/h4,11-12,17-21,23,28,33H,2-3,5-10,13-16,22,43-44H2,1H3,(H2,45,46)(H,47,48,51). The van der Waals surface area contributed by atoms with Crippen LogP contribution in [-0.4, -0.2) is 64.2 Å². The van der Waals surface area contributed by atoms with Gasteiger partial charge in [-0.05, 0) is 86.1 Å². The van der Waals surface area contributed by atoms with Crippen LogP contribution in [0.3, 0.4) is 0 Å². The van der Waals surface area contributed by atoms with Crippen molar-refractivity contribution >= 4 is 16.9 Å². The maximum Gasteiger partial charge on any atom is 0.416 e. The van der Waals surface area contributed by atoms with Gasteiger partial charge in [0.2, 0.25) is 0 Å². The third kappa shape index (κ3) is 10.6. The first kappa shape index (κ1) is 39.4. The molecule has 0 amide bonds. The molecule has 2 heterocycles. The Morgan fingerprint density at radius 1 is 1.12 bits per heavy atom. The quantitative estimate of drug-likeness (QED) is 0.0284. The third-order valence-electron chi connectivity index (χ3n) is 8.78. The fourth-order valence-corrected chi connectivity index (χ4v) is 6.14. The van der Waals surface area contributed by atoms with Gasteiger partial charge in [-0.1, -0.05) is 25.5 Å². The molecule has 276 valence electrons. The monoisotopic (exact) mass is 714 g/mol. The molecule has 14 heteroatoms. The number of alkyl halides is 4. The van der Waals surface area contributed by atoms with Gasteiger partial charge in [0.1, 0.15) is 17.3 Å². The number of hydrogen-bond donors (Lipinski definition) is 4. The van der Waals surface area contributed by atoms with Crippen molar-refractivity contribution in [1.82, 2.24) is 19.4 Å². The number of fused-ring (bicyclic) bond motifs is 1. The average molecular weight is 715 g/mol. The van der Waals surface area contributed by atoms with E-state index in [1.54, 1.807) is 30.3 Å². The second-order valence-corrected chi connectivity index (χ2v) is 12.6. The maximum absolute atomic E-state index is 15.9. The second-order valence-electron chi connectivity index (χ2n) is 12.6. The maximum atomic E-state index is 15.9. The molecule has 2 unspecified atom stereocenters. The number of benzene rings is 2. The molecule has 0 spiro atoms. The summed E-state index contributed by atoms with van der Waals surface area (Å²) >= 11 is 0. The van der Waals surface area contributed by atoms with Crippen LogP contribution >= 0.6 is 0 Å². The van der Waals surface area contributed by atoms with E-state index in [1.807, 2.05) is 11.8 Å². The number of H-pyrrole nitrogens is 1. The van der Waals surface area contributed by atoms with Crippen molar-refractivity contribution in [3.8, 4) is 16.9 Å². The topological polar surface area (TPSA) is 144 Å². The van der Waals surface area contributed by atoms with Gasteiger partial charge in [-0.15, -0.1) is 6.58 Å². The molecule has 0 saturated carbocycles. The first-order chi connectivity index (χ1) is 24.4. The number of aliphatic imine (C=N–C) groups is 1. The second kappa shape index (κ2) is 18.2. The number of nitrogens with two attached hydrogens (primary N) is 3. The molecule has 9 nitrogen and oxygen atoms in total. The van der Waals surface area contributed by atoms with Gasteiger partial charge in [-0.2, -0.15) is 18.2 Å². The van der Waals surface area contributed by atoms with Crippen molar-refractivity contribution in [2.75, 3.05) is 32.9 Å². The van der Waals surface area contributed by atoms with Crippen LogP contribution in [0.25, 0.3) is 28.0 Å². The van der Waals surface area contributed by atoms with Gasteiger partial charge in [0.15, 0.2) is 0 Å². The normalized spacial score (nSPS) is 13.6. The Kier molecular flexibility index (Phi) is 14.1. The van der Waals surface area contributed by atoms with Crippen LogP contribution in [0.5, 0.6) is 0 Å². The number of hydrogen-bond acceptors (Lipinski definition) is 6. The van der Waals surface area contributed by atoms with E-state index in [4.69, 9.17) is 17.2 Å². The van der Waals surface area contributed by atoms with E-state index in [-0.39, 0.29) is 35.5 Å². The van der Waals surface area contributed by atoms with Crippen molar-refractivity contribution in [2.45, 2.75) is 70.1 Å². The van der Waals surface area contributed by atoms with Crippen LogP contribution in [0.2, 0.25) is 0 Å². The van der Waals surface area contributed by atoms with Crippen LogP contribution in [0, 0.1) is 5.82 Å². The first-order valence-electron chi connectivity index (χ1n) is 17.2. The van der Waals surface area contributed by atoms with Crippen LogP contribution < -0.4 is 22.9 Å². The zero-order chi connectivity index (χ0) is 37.1. The minimum Gasteiger partial charge on any atom is -0.386 e. The van der Waals surface area contributed by atoms with Gasteiger partial charge in [-0.3, -0.25) is 18.8 Å². The van der Waals surface area contributed by atoms with Gasteiger partial charge >= 0.3 is 11.9 Å². The number of halogens is 5. The van der Waals surface area contributed by atoms with E-state index >= 15 is 4.39 Å². The largest absolute Gasteiger partial charge is 0.416 e. The van der Waals surface area contributed by atoms with Gasteiger partial charge in [0.25, 0.3) is 0 Å². The molecule has 2 aromatic carbocycles. The summed E-state index contributed by atoms with van der Waals surface area (Å²) < 4.78 is 72.0. The van der Waals surface area contributed by atoms with Crippen molar-refractivity contribution in [1.29, 1.82) is 0 Å². The molecule has 0 saturated heterocycles. The SMILES string of the molecule is C=CC(N)CCCc1cc(-c2cc3cn(-c4ccc(C(CCC)N(CCCF)CCCN=C(N)CN)c(F)c4)c(=O)nc3[nH]2)cc(C(F)(F)F)c1. The van der Waals surface area contributed by atoms with Crippen LogP contribution in [0.4, 0.5) is 22.0 Å². The number of amidine groups is 1. The van der Waals surface area contributed by atoms with E-state index < -0.39 is 29.9 Å². The number of aromatic amines is 1. The number of aromatic nitrogens is 3. The Bertz CT molecular complexity index is 1850. The minimum atomic E-state index is -4.57. The molecule has 51 heavy (non-hydrogen) atoms. The van der Waals surface area contributed by atoms with Gasteiger partial charge in [0.05, 0.1) is 24.5 Å². The number of nitrogens with zero attached hydrogens (tertiary/aromatic N) is 4.